The SMILES string of the molecule is CCN(c1cccc(C(=O)O)c1N)C(C)CN(C)C. The van der Waals surface area contributed by atoms with E-state index < -0.39 is 5.97 Å². The molecule has 19 heavy (non-hydrogen) atoms. The van der Waals surface area contributed by atoms with Gasteiger partial charge in [-0.25, -0.2) is 4.79 Å². The fourth-order valence-corrected chi connectivity index (χ4v) is 2.34. The summed E-state index contributed by atoms with van der Waals surface area (Å²) >= 11 is 0. The molecular formula is C14H23N3O2. The zero-order chi connectivity index (χ0) is 14.6. The first-order valence-corrected chi connectivity index (χ1v) is 6.41. The molecule has 1 atom stereocenters. The number of para-hydroxylation sites is 1. The Kier molecular flexibility index (Phi) is 5.18. The molecule has 1 aromatic rings. The Labute approximate surface area is 114 Å². The summed E-state index contributed by atoms with van der Waals surface area (Å²) in [4.78, 5) is 15.4. The average molecular weight is 265 g/mol. The van der Waals surface area contributed by atoms with Crippen LogP contribution in [0.3, 0.4) is 0 Å². The van der Waals surface area contributed by atoms with Crippen LogP contribution in [-0.2, 0) is 0 Å². The van der Waals surface area contributed by atoms with E-state index in [0.29, 0.717) is 5.69 Å². The van der Waals surface area contributed by atoms with Crippen molar-refractivity contribution >= 4 is 17.3 Å². The van der Waals surface area contributed by atoms with Gasteiger partial charge in [0.15, 0.2) is 0 Å². The van der Waals surface area contributed by atoms with Crippen LogP contribution in [0.1, 0.15) is 24.2 Å². The summed E-state index contributed by atoms with van der Waals surface area (Å²) in [7, 11) is 4.03. The molecule has 1 aromatic carbocycles. The van der Waals surface area contributed by atoms with Gasteiger partial charge >= 0.3 is 5.97 Å². The lowest BCUT2D eigenvalue weighted by atomic mass is 10.1. The average Bonchev–Trinajstić information content (AvgIpc) is 2.30. The highest BCUT2D eigenvalue weighted by molar-refractivity contribution is 5.97. The third kappa shape index (κ3) is 3.61. The molecule has 1 rings (SSSR count). The molecule has 0 spiro atoms. The van der Waals surface area contributed by atoms with Crippen molar-refractivity contribution in [3.8, 4) is 0 Å². The number of nitrogens with two attached hydrogens (primary N) is 1. The molecule has 3 N–H and O–H groups in total. The van der Waals surface area contributed by atoms with Gasteiger partial charge in [0.25, 0.3) is 0 Å². The molecule has 0 amide bonds. The number of nitrogen functional groups attached to an aromatic ring is 1. The fraction of sp³-hybridized carbons (Fsp3) is 0.500. The van der Waals surface area contributed by atoms with Crippen LogP contribution in [0, 0.1) is 0 Å². The summed E-state index contributed by atoms with van der Waals surface area (Å²) in [6.07, 6.45) is 0. The molecule has 0 fully saturated rings. The minimum absolute atomic E-state index is 0.160. The molecule has 0 saturated carbocycles. The third-order valence-corrected chi connectivity index (χ3v) is 3.13. The maximum absolute atomic E-state index is 11.1. The van der Waals surface area contributed by atoms with Crippen LogP contribution in [0.2, 0.25) is 0 Å². The first kappa shape index (κ1) is 15.3. The zero-order valence-electron chi connectivity index (χ0n) is 12.1. The van der Waals surface area contributed by atoms with Crippen LogP contribution in [0.15, 0.2) is 18.2 Å². The van der Waals surface area contributed by atoms with Gasteiger partial charge in [0, 0.05) is 19.1 Å². The Morgan fingerprint density at radius 1 is 1.42 bits per heavy atom. The summed E-state index contributed by atoms with van der Waals surface area (Å²) in [5.74, 6) is -0.990. The van der Waals surface area contributed by atoms with Gasteiger partial charge in [-0.05, 0) is 40.1 Å². The maximum atomic E-state index is 11.1. The number of carboxylic acids is 1. The zero-order valence-corrected chi connectivity index (χ0v) is 12.1. The predicted molar refractivity (Wildman–Crippen MR) is 78.8 cm³/mol. The van der Waals surface area contributed by atoms with Gasteiger partial charge in [-0.15, -0.1) is 0 Å². The summed E-state index contributed by atoms with van der Waals surface area (Å²) in [5, 5.41) is 9.12. The maximum Gasteiger partial charge on any atom is 0.337 e. The Balaban J connectivity index is 3.11. The molecule has 0 heterocycles. The number of hydrogen-bond donors (Lipinski definition) is 2. The van der Waals surface area contributed by atoms with E-state index in [0.717, 1.165) is 18.8 Å². The van der Waals surface area contributed by atoms with Crippen LogP contribution < -0.4 is 10.6 Å². The number of carboxylic acid groups (broad SMARTS) is 1. The van der Waals surface area contributed by atoms with E-state index in [1.807, 2.05) is 27.1 Å². The first-order chi connectivity index (χ1) is 8.88. The van der Waals surface area contributed by atoms with E-state index in [4.69, 9.17) is 10.8 Å². The first-order valence-electron chi connectivity index (χ1n) is 6.41. The Hall–Kier alpha value is -1.75. The van der Waals surface area contributed by atoms with Crippen LogP contribution in [0.25, 0.3) is 0 Å². The van der Waals surface area contributed by atoms with Gasteiger partial charge in [0.1, 0.15) is 0 Å². The van der Waals surface area contributed by atoms with Crippen molar-refractivity contribution in [1.29, 1.82) is 0 Å². The Bertz CT molecular complexity index is 446. The van der Waals surface area contributed by atoms with E-state index >= 15 is 0 Å². The van der Waals surface area contributed by atoms with Crippen LogP contribution in [-0.4, -0.2) is 49.2 Å². The lowest BCUT2D eigenvalue weighted by Gasteiger charge is -2.33. The second-order valence-corrected chi connectivity index (χ2v) is 4.94. The second-order valence-electron chi connectivity index (χ2n) is 4.94. The van der Waals surface area contributed by atoms with Crippen molar-refractivity contribution in [2.24, 2.45) is 0 Å². The van der Waals surface area contributed by atoms with E-state index in [1.165, 1.54) is 6.07 Å². The number of likely N-dealkylation sites (N-methyl/N-ethyl adjacent to an activating group) is 2. The lowest BCUT2D eigenvalue weighted by molar-refractivity contribution is 0.0698. The lowest BCUT2D eigenvalue weighted by Crippen LogP contribution is -2.40. The van der Waals surface area contributed by atoms with Crippen molar-refractivity contribution < 1.29 is 9.90 Å². The monoisotopic (exact) mass is 265 g/mol. The number of rotatable bonds is 6. The molecule has 0 bridgehead atoms. The molecule has 0 saturated heterocycles. The molecule has 0 aliphatic heterocycles. The van der Waals surface area contributed by atoms with Crippen LogP contribution in [0.5, 0.6) is 0 Å². The fourth-order valence-electron chi connectivity index (χ4n) is 2.34. The largest absolute Gasteiger partial charge is 0.478 e. The smallest absolute Gasteiger partial charge is 0.337 e. The highest BCUT2D eigenvalue weighted by Gasteiger charge is 2.19. The number of nitrogens with zero attached hydrogens (tertiary/aromatic N) is 2. The van der Waals surface area contributed by atoms with Crippen molar-refractivity contribution in [3.05, 3.63) is 23.8 Å². The topological polar surface area (TPSA) is 69.8 Å². The van der Waals surface area contributed by atoms with Crippen molar-refractivity contribution in [2.75, 3.05) is 37.8 Å². The van der Waals surface area contributed by atoms with Gasteiger partial charge in [-0.2, -0.15) is 0 Å². The number of anilines is 2. The van der Waals surface area contributed by atoms with Gasteiger partial charge < -0.3 is 20.6 Å². The summed E-state index contributed by atoms with van der Waals surface area (Å²) in [6.45, 7) is 5.81. The molecule has 106 valence electrons. The minimum Gasteiger partial charge on any atom is -0.478 e. The summed E-state index contributed by atoms with van der Waals surface area (Å²) < 4.78 is 0. The van der Waals surface area contributed by atoms with E-state index in [1.54, 1.807) is 6.07 Å². The number of hydrogen-bond acceptors (Lipinski definition) is 4. The second kappa shape index (κ2) is 6.43. The van der Waals surface area contributed by atoms with E-state index in [9.17, 15) is 4.79 Å². The van der Waals surface area contributed by atoms with E-state index in [-0.39, 0.29) is 11.6 Å². The van der Waals surface area contributed by atoms with Crippen LogP contribution in [0.4, 0.5) is 11.4 Å². The minimum atomic E-state index is -0.990. The molecule has 5 heteroatoms. The third-order valence-electron chi connectivity index (χ3n) is 3.13. The number of carbonyl (C=O) groups is 1. The standard InChI is InChI=1S/C14H23N3O2/c1-5-17(10(2)9-16(3)4)12-8-6-7-11(13(12)15)14(18)19/h6-8,10H,5,9,15H2,1-4H3,(H,18,19). The Morgan fingerprint density at radius 3 is 2.53 bits per heavy atom. The molecule has 0 aliphatic rings. The van der Waals surface area contributed by atoms with Gasteiger partial charge in [0.2, 0.25) is 0 Å². The van der Waals surface area contributed by atoms with Crippen molar-refractivity contribution in [3.63, 3.8) is 0 Å². The van der Waals surface area contributed by atoms with Crippen molar-refractivity contribution in [2.45, 2.75) is 19.9 Å². The predicted octanol–water partition coefficient (Wildman–Crippen LogP) is 1.74. The molecule has 1 unspecified atom stereocenters. The van der Waals surface area contributed by atoms with E-state index in [2.05, 4.69) is 16.7 Å². The van der Waals surface area contributed by atoms with Crippen molar-refractivity contribution in [1.82, 2.24) is 4.90 Å². The van der Waals surface area contributed by atoms with Gasteiger partial charge in [-0.1, -0.05) is 6.07 Å². The van der Waals surface area contributed by atoms with Gasteiger partial charge in [-0.3, -0.25) is 0 Å². The molecule has 0 radical (unpaired) electrons. The summed E-state index contributed by atoms with van der Waals surface area (Å²) in [6, 6.07) is 5.40. The number of benzene rings is 1. The molecule has 5 nitrogen and oxygen atoms in total. The quantitative estimate of drug-likeness (QED) is 0.767. The highest BCUT2D eigenvalue weighted by atomic mass is 16.4. The normalized spacial score (nSPS) is 12.5. The Morgan fingerprint density at radius 2 is 2.05 bits per heavy atom. The molecule has 0 aromatic heterocycles. The summed E-state index contributed by atoms with van der Waals surface area (Å²) in [5.41, 5.74) is 7.28. The highest BCUT2D eigenvalue weighted by Crippen LogP contribution is 2.28. The van der Waals surface area contributed by atoms with Gasteiger partial charge in [0.05, 0.1) is 16.9 Å². The molecular weight excluding hydrogens is 242 g/mol. The van der Waals surface area contributed by atoms with Crippen LogP contribution >= 0.6 is 0 Å². The number of aromatic carboxylic acids is 1. The molecule has 0 aliphatic carbocycles.